The van der Waals surface area contributed by atoms with Crippen LogP contribution in [0.1, 0.15) is 27.2 Å². The van der Waals surface area contributed by atoms with Gasteiger partial charge < -0.3 is 24.3 Å². The second-order valence-electron chi connectivity index (χ2n) is 8.23. The fourth-order valence-electron chi connectivity index (χ4n) is 3.64. The number of carboxylic acid groups (broad SMARTS) is 1. The zero-order valence-corrected chi connectivity index (χ0v) is 23.0. The van der Waals surface area contributed by atoms with E-state index in [1.807, 2.05) is 73.8 Å². The van der Waals surface area contributed by atoms with Crippen molar-refractivity contribution in [3.05, 3.63) is 66.9 Å². The number of carboxylic acids is 1. The maximum absolute atomic E-state index is 10.6. The van der Waals surface area contributed by atoms with E-state index in [4.69, 9.17) is 19.4 Å². The van der Waals surface area contributed by atoms with Gasteiger partial charge in [-0.1, -0.05) is 67.6 Å². The average molecular weight is 486 g/mol. The van der Waals surface area contributed by atoms with Crippen molar-refractivity contribution in [2.24, 2.45) is 0 Å². The van der Waals surface area contributed by atoms with Crippen molar-refractivity contribution in [1.82, 2.24) is 9.97 Å². The van der Waals surface area contributed by atoms with Crippen LogP contribution in [0, 0.1) is 0 Å². The number of hydrogen-bond donors (Lipinski definition) is 0. The molecule has 0 aliphatic carbocycles. The molecule has 0 N–H and O–H groups in total. The van der Waals surface area contributed by atoms with E-state index in [0.29, 0.717) is 13.2 Å². The predicted molar refractivity (Wildman–Crippen MR) is 131 cm³/mol. The van der Waals surface area contributed by atoms with Gasteiger partial charge in [0.25, 0.3) is 0 Å². The largest absolute Gasteiger partial charge is 1.00 e. The molecule has 0 aliphatic heterocycles. The van der Waals surface area contributed by atoms with E-state index in [9.17, 15) is 9.90 Å². The van der Waals surface area contributed by atoms with Gasteiger partial charge in [0.1, 0.15) is 5.82 Å². The van der Waals surface area contributed by atoms with Gasteiger partial charge in [0.15, 0.2) is 0 Å². The Kier molecular flexibility index (Phi) is 12.4. The summed E-state index contributed by atoms with van der Waals surface area (Å²) in [5, 5.41) is 10.6. The summed E-state index contributed by atoms with van der Waals surface area (Å²) in [6.45, 7) is 7.05. The summed E-state index contributed by atoms with van der Waals surface area (Å²) < 4.78 is 11.1. The Morgan fingerprint density at radius 2 is 1.60 bits per heavy atom. The Morgan fingerprint density at radius 1 is 1.00 bits per heavy atom. The minimum atomic E-state index is -1.23. The number of ether oxygens (including phenoxy) is 2. The zero-order valence-electron chi connectivity index (χ0n) is 21.0. The number of rotatable bonds is 13. The van der Waals surface area contributed by atoms with Crippen LogP contribution in [-0.4, -0.2) is 54.4 Å². The summed E-state index contributed by atoms with van der Waals surface area (Å²) in [4.78, 5) is 22.6. The van der Waals surface area contributed by atoms with Gasteiger partial charge in [0.2, 0.25) is 0 Å². The van der Waals surface area contributed by atoms with Crippen LogP contribution >= 0.6 is 0 Å². The summed E-state index contributed by atoms with van der Waals surface area (Å²) in [6.07, 6.45) is 2.35. The molecule has 0 radical (unpaired) electrons. The van der Waals surface area contributed by atoms with Crippen LogP contribution in [0.15, 0.2) is 66.9 Å². The number of benzene rings is 2. The van der Waals surface area contributed by atoms with Crippen LogP contribution in [0.3, 0.4) is 0 Å². The molecule has 2 aromatic carbocycles. The van der Waals surface area contributed by atoms with E-state index in [-0.39, 0.29) is 48.3 Å². The molecule has 0 saturated heterocycles. The molecule has 180 valence electrons. The Balaban J connectivity index is 0.00000432. The minimum Gasteiger partial charge on any atom is -0.548 e. The second-order valence-corrected chi connectivity index (χ2v) is 8.23. The van der Waals surface area contributed by atoms with Gasteiger partial charge in [-0.05, 0) is 20.3 Å². The number of anilines is 1. The maximum atomic E-state index is 10.6. The molecule has 7 nitrogen and oxygen atoms in total. The molecule has 1 aromatic heterocycles. The molecule has 0 unspecified atom stereocenters. The molecular weight excluding hydrogens is 453 g/mol. The van der Waals surface area contributed by atoms with Crippen molar-refractivity contribution >= 4 is 11.8 Å². The topological polar surface area (TPSA) is 87.6 Å². The molecule has 8 heteroatoms. The maximum Gasteiger partial charge on any atom is 1.00 e. The van der Waals surface area contributed by atoms with Gasteiger partial charge in [-0.3, -0.25) is 4.98 Å². The first-order valence-electron chi connectivity index (χ1n) is 11.6. The van der Waals surface area contributed by atoms with Gasteiger partial charge >= 0.3 is 29.6 Å². The van der Waals surface area contributed by atoms with Crippen LogP contribution in [0.5, 0.6) is 0 Å². The van der Waals surface area contributed by atoms with Crippen LogP contribution in [-0.2, 0) is 14.3 Å². The first-order chi connectivity index (χ1) is 16.5. The number of aliphatic carboxylic acids is 1. The normalized spacial score (nSPS) is 11.7. The van der Waals surface area contributed by atoms with E-state index in [0.717, 1.165) is 34.8 Å². The Hall–Kier alpha value is -2.29. The van der Waals surface area contributed by atoms with Crippen LogP contribution in [0.2, 0.25) is 0 Å². The molecule has 35 heavy (non-hydrogen) atoms. The zero-order chi connectivity index (χ0) is 24.3. The smallest absolute Gasteiger partial charge is 0.548 e. The quantitative estimate of drug-likeness (QED) is 0.328. The Morgan fingerprint density at radius 3 is 2.14 bits per heavy atom. The number of hydrogen-bond acceptors (Lipinski definition) is 7. The Labute approximate surface area is 229 Å². The van der Waals surface area contributed by atoms with Gasteiger partial charge in [-0.15, -0.1) is 0 Å². The second kappa shape index (κ2) is 15.0. The van der Waals surface area contributed by atoms with E-state index in [2.05, 4.69) is 18.7 Å². The minimum absolute atomic E-state index is 0. The van der Waals surface area contributed by atoms with E-state index in [1.54, 1.807) is 0 Å². The van der Waals surface area contributed by atoms with Crippen LogP contribution < -0.4 is 39.6 Å². The summed E-state index contributed by atoms with van der Waals surface area (Å²) >= 11 is 0. The van der Waals surface area contributed by atoms with E-state index >= 15 is 0 Å². The number of aromatic nitrogens is 2. The van der Waals surface area contributed by atoms with Gasteiger partial charge in [0.05, 0.1) is 49.5 Å². The van der Waals surface area contributed by atoms with E-state index in [1.165, 1.54) is 0 Å². The van der Waals surface area contributed by atoms with Gasteiger partial charge in [-0.2, -0.15) is 0 Å². The molecule has 0 fully saturated rings. The molecule has 0 amide bonds. The molecule has 0 bridgehead atoms. The standard InChI is InChI=1S/C27H33N3O4.Na/c1-4-23(18-33-19-25(31)32)34-16-15-30(20(2)3)24-17-28-26(21-11-7-5-8-12-21)27(29-24)22-13-9-6-10-14-22;/h5-14,17,20,23H,4,15-16,18-19H2,1-3H3,(H,31,32);/q;+1/p-1/t23-;/m0./s1. The fraction of sp³-hybridized carbons (Fsp3) is 0.370. The third-order valence-corrected chi connectivity index (χ3v) is 5.44. The first-order valence-corrected chi connectivity index (χ1v) is 11.6. The van der Waals surface area contributed by atoms with Gasteiger partial charge in [-0.25, -0.2) is 4.98 Å². The van der Waals surface area contributed by atoms with Crippen LogP contribution in [0.4, 0.5) is 5.82 Å². The fourth-order valence-corrected chi connectivity index (χ4v) is 3.64. The molecule has 0 aliphatic rings. The molecule has 0 spiro atoms. The molecule has 1 atom stereocenters. The third-order valence-electron chi connectivity index (χ3n) is 5.44. The van der Waals surface area contributed by atoms with Crippen LogP contribution in [0.25, 0.3) is 22.5 Å². The summed E-state index contributed by atoms with van der Waals surface area (Å²) in [7, 11) is 0. The third kappa shape index (κ3) is 8.70. The summed E-state index contributed by atoms with van der Waals surface area (Å²) in [5.41, 5.74) is 3.69. The van der Waals surface area contributed by atoms with E-state index < -0.39 is 12.6 Å². The average Bonchev–Trinajstić information content (AvgIpc) is 2.86. The molecular formula is C27H32N3NaO4. The molecule has 1 heterocycles. The van der Waals surface area contributed by atoms with Crippen molar-refractivity contribution in [2.75, 3.05) is 31.3 Å². The molecule has 3 aromatic rings. The number of carbonyl (C=O) groups excluding carboxylic acids is 1. The molecule has 3 rings (SSSR count). The first kappa shape index (κ1) is 28.9. The van der Waals surface area contributed by atoms with Crippen molar-refractivity contribution in [3.63, 3.8) is 0 Å². The predicted octanol–water partition coefficient (Wildman–Crippen LogP) is 0.591. The monoisotopic (exact) mass is 485 g/mol. The summed E-state index contributed by atoms with van der Waals surface area (Å²) in [6, 6.07) is 20.3. The van der Waals surface area contributed by atoms with Gasteiger partial charge in [0, 0.05) is 23.7 Å². The van der Waals surface area contributed by atoms with Crippen molar-refractivity contribution < 1.29 is 48.9 Å². The van der Waals surface area contributed by atoms with Crippen molar-refractivity contribution in [3.8, 4) is 22.5 Å². The van der Waals surface area contributed by atoms with Crippen molar-refractivity contribution in [1.29, 1.82) is 0 Å². The number of nitrogens with zero attached hydrogens (tertiary/aromatic N) is 3. The molecule has 0 saturated carbocycles. The summed E-state index contributed by atoms with van der Waals surface area (Å²) in [5.74, 6) is -0.453. The Bertz CT molecular complexity index is 1040. The number of carbonyl (C=O) groups is 1. The SMILES string of the molecule is CC[C@@H](COCC(=O)[O-])OCCN(c1cnc(-c2ccccc2)c(-c2ccccc2)n1)C(C)C.[Na+]. The van der Waals surface area contributed by atoms with Crippen molar-refractivity contribution in [2.45, 2.75) is 39.3 Å².